The summed E-state index contributed by atoms with van der Waals surface area (Å²) in [7, 11) is -4.74. The maximum Gasteiger partial charge on any atom is 1.00 e. The molecule has 0 saturated heterocycles. The van der Waals surface area contributed by atoms with Gasteiger partial charge >= 0.3 is 29.6 Å². The van der Waals surface area contributed by atoms with Gasteiger partial charge in [-0.15, -0.1) is 0 Å². The van der Waals surface area contributed by atoms with E-state index in [-0.39, 0.29) is 40.1 Å². The topological polar surface area (TPSA) is 86.6 Å². The van der Waals surface area contributed by atoms with Crippen LogP contribution in [0.2, 0.25) is 0 Å². The second-order valence-corrected chi connectivity index (χ2v) is 4.03. The van der Waals surface area contributed by atoms with Gasteiger partial charge in [-0.1, -0.05) is 18.2 Å². The van der Waals surface area contributed by atoms with Gasteiger partial charge in [0, 0.05) is 5.22 Å². The number of carbonyl (C=O) groups excluding carboxylic acids is 1. The second-order valence-electron chi connectivity index (χ2n) is 2.72. The van der Waals surface area contributed by atoms with Crippen LogP contribution in [0.15, 0.2) is 29.3 Å². The van der Waals surface area contributed by atoms with Gasteiger partial charge < -0.3 is 4.55 Å². The van der Waals surface area contributed by atoms with Gasteiger partial charge in [0.1, 0.15) is 15.0 Å². The van der Waals surface area contributed by atoms with Crippen molar-refractivity contribution in [1.29, 1.82) is 0 Å². The van der Waals surface area contributed by atoms with E-state index in [4.69, 9.17) is 0 Å². The molecule has 0 aromatic heterocycles. The summed E-state index contributed by atoms with van der Waals surface area (Å²) in [6.07, 6.45) is 0. The van der Waals surface area contributed by atoms with Crippen molar-refractivity contribution < 1.29 is 47.3 Å². The number of nitrogens with zero attached hydrogens (tertiary/aromatic N) is 1. The van der Waals surface area contributed by atoms with E-state index in [9.17, 15) is 17.8 Å². The molecule has 1 aliphatic rings. The van der Waals surface area contributed by atoms with Crippen LogP contribution in [0.4, 0.5) is 0 Å². The molecule has 1 heterocycles. The molecule has 2 rings (SSSR count). The van der Waals surface area contributed by atoms with E-state index in [1.165, 1.54) is 18.2 Å². The Morgan fingerprint density at radius 1 is 1.20 bits per heavy atom. The SMILES string of the molecule is O=C1N=c2ccccc2=C1S(=O)(=O)[O-].[Na+]. The third-order valence-electron chi connectivity index (χ3n) is 1.81. The standard InChI is InChI=1S/C8H5NO4S.Na/c10-8-7(14(11,12)13)5-3-1-2-4-6(5)9-8;/h1-4H,(H,11,12,13);/q;+1/p-1. The number of hydrogen-bond acceptors (Lipinski definition) is 4. The first-order valence-corrected chi connectivity index (χ1v) is 5.09. The van der Waals surface area contributed by atoms with Gasteiger partial charge in [0.05, 0.1) is 5.36 Å². The molecule has 1 aliphatic heterocycles. The van der Waals surface area contributed by atoms with Crippen LogP contribution in [0.3, 0.4) is 0 Å². The van der Waals surface area contributed by atoms with Crippen molar-refractivity contribution in [3.8, 4) is 0 Å². The molecule has 5 nitrogen and oxygen atoms in total. The largest absolute Gasteiger partial charge is 1.00 e. The summed E-state index contributed by atoms with van der Waals surface area (Å²) in [5, 5.41) is 0.319. The number of amides is 1. The van der Waals surface area contributed by atoms with Crippen molar-refractivity contribution in [3.05, 3.63) is 34.8 Å². The zero-order valence-corrected chi connectivity index (χ0v) is 10.6. The van der Waals surface area contributed by atoms with E-state index < -0.39 is 20.9 Å². The van der Waals surface area contributed by atoms with E-state index in [1.807, 2.05) is 0 Å². The number of fused-ring (bicyclic) bond motifs is 1. The zero-order chi connectivity index (χ0) is 10.3. The summed E-state index contributed by atoms with van der Waals surface area (Å²) in [6, 6.07) is 6.01. The monoisotopic (exact) mass is 233 g/mol. The van der Waals surface area contributed by atoms with Crippen LogP contribution >= 0.6 is 0 Å². The van der Waals surface area contributed by atoms with Crippen molar-refractivity contribution in [3.63, 3.8) is 0 Å². The molecule has 15 heavy (non-hydrogen) atoms. The molecular formula is C8H4NNaO4S. The minimum atomic E-state index is -4.74. The van der Waals surface area contributed by atoms with E-state index in [0.717, 1.165) is 0 Å². The fraction of sp³-hybridized carbons (Fsp3) is 0. The van der Waals surface area contributed by atoms with Crippen molar-refractivity contribution in [2.45, 2.75) is 0 Å². The van der Waals surface area contributed by atoms with E-state index in [0.29, 0.717) is 0 Å². The van der Waals surface area contributed by atoms with Crippen LogP contribution in [-0.4, -0.2) is 18.9 Å². The molecule has 0 saturated carbocycles. The van der Waals surface area contributed by atoms with Crippen LogP contribution < -0.4 is 40.1 Å². The summed E-state index contributed by atoms with van der Waals surface area (Å²) in [5.74, 6) is -0.985. The zero-order valence-electron chi connectivity index (χ0n) is 7.80. The van der Waals surface area contributed by atoms with Crippen LogP contribution in [0, 0.1) is 0 Å². The Balaban J connectivity index is 0.00000112. The van der Waals surface area contributed by atoms with E-state index in [2.05, 4.69) is 4.99 Å². The Bertz CT molecular complexity index is 635. The summed E-state index contributed by atoms with van der Waals surface area (Å²) in [5.41, 5.74) is 0. The van der Waals surface area contributed by atoms with Gasteiger partial charge in [-0.05, 0) is 6.07 Å². The summed E-state index contributed by atoms with van der Waals surface area (Å²) < 4.78 is 32.2. The van der Waals surface area contributed by atoms with Crippen molar-refractivity contribution in [2.75, 3.05) is 0 Å². The number of hydrogen-bond donors (Lipinski definition) is 0. The van der Waals surface area contributed by atoms with Gasteiger partial charge in [0.25, 0.3) is 5.91 Å². The molecule has 72 valence electrons. The van der Waals surface area contributed by atoms with Gasteiger partial charge in [0.2, 0.25) is 0 Å². The first kappa shape index (κ1) is 12.5. The quantitative estimate of drug-likeness (QED) is 0.361. The molecule has 1 aromatic carbocycles. The van der Waals surface area contributed by atoms with Gasteiger partial charge in [-0.3, -0.25) is 4.79 Å². The molecule has 0 bridgehead atoms. The third-order valence-corrected chi connectivity index (χ3v) is 2.71. The summed E-state index contributed by atoms with van der Waals surface area (Å²) in [6.45, 7) is 0. The summed E-state index contributed by atoms with van der Waals surface area (Å²) in [4.78, 5) is 13.8. The number of para-hydroxylation sites is 1. The fourth-order valence-corrected chi connectivity index (χ4v) is 1.98. The minimum Gasteiger partial charge on any atom is -0.744 e. The predicted octanol–water partition coefficient (Wildman–Crippen LogP) is -4.50. The molecule has 1 aromatic rings. The number of benzene rings is 1. The van der Waals surface area contributed by atoms with Crippen molar-refractivity contribution in [1.82, 2.24) is 0 Å². The first-order valence-electron chi connectivity index (χ1n) is 3.68. The van der Waals surface area contributed by atoms with Crippen LogP contribution in [0.5, 0.6) is 0 Å². The normalized spacial score (nSPS) is 14.2. The van der Waals surface area contributed by atoms with Crippen LogP contribution in [-0.2, 0) is 14.9 Å². The van der Waals surface area contributed by atoms with E-state index in [1.54, 1.807) is 6.07 Å². The molecular weight excluding hydrogens is 229 g/mol. The first-order chi connectivity index (χ1) is 6.50. The molecule has 0 atom stereocenters. The maximum atomic E-state index is 11.1. The van der Waals surface area contributed by atoms with Gasteiger partial charge in [-0.2, -0.15) is 0 Å². The molecule has 0 N–H and O–H groups in total. The number of rotatable bonds is 1. The summed E-state index contributed by atoms with van der Waals surface area (Å²) >= 11 is 0. The van der Waals surface area contributed by atoms with Gasteiger partial charge in [-0.25, -0.2) is 13.4 Å². The molecule has 0 aliphatic carbocycles. The molecule has 7 heteroatoms. The Labute approximate surface area is 108 Å². The van der Waals surface area contributed by atoms with Crippen LogP contribution in [0.1, 0.15) is 0 Å². The van der Waals surface area contributed by atoms with Crippen molar-refractivity contribution in [2.24, 2.45) is 4.99 Å². The molecule has 0 spiro atoms. The van der Waals surface area contributed by atoms with Crippen molar-refractivity contribution >= 4 is 20.9 Å². The van der Waals surface area contributed by atoms with Crippen LogP contribution in [0.25, 0.3) is 4.91 Å². The average molecular weight is 233 g/mol. The molecule has 0 fully saturated rings. The maximum absolute atomic E-state index is 11.1. The second kappa shape index (κ2) is 4.15. The Hall–Kier alpha value is -0.530. The molecule has 1 amide bonds. The Kier molecular flexibility index (Phi) is 3.47. The van der Waals surface area contributed by atoms with E-state index >= 15 is 0 Å². The number of carbonyl (C=O) groups is 1. The van der Waals surface area contributed by atoms with Gasteiger partial charge in [0.15, 0.2) is 0 Å². The minimum absolute atomic E-state index is 0. The predicted molar refractivity (Wildman–Crippen MR) is 45.3 cm³/mol. The smallest absolute Gasteiger partial charge is 0.744 e. The molecule has 0 radical (unpaired) electrons. The Morgan fingerprint density at radius 2 is 1.80 bits per heavy atom. The average Bonchev–Trinajstić information content (AvgIpc) is 2.38. The third kappa shape index (κ3) is 2.19. The fourth-order valence-electron chi connectivity index (χ4n) is 1.28. The Morgan fingerprint density at radius 3 is 2.40 bits per heavy atom. The molecule has 0 unspecified atom stereocenters.